The number of hydrogen-bond donors (Lipinski definition) is 2. The molecule has 1 aliphatic carbocycles. The summed E-state index contributed by atoms with van der Waals surface area (Å²) in [5, 5.41) is 6.05. The van der Waals surface area contributed by atoms with E-state index < -0.39 is 6.67 Å². The van der Waals surface area contributed by atoms with Crippen LogP contribution in [0.2, 0.25) is 5.15 Å². The Labute approximate surface area is 110 Å². The van der Waals surface area contributed by atoms with Crippen molar-refractivity contribution in [1.29, 1.82) is 0 Å². The van der Waals surface area contributed by atoms with Crippen molar-refractivity contribution in [2.75, 3.05) is 12.0 Å². The van der Waals surface area contributed by atoms with E-state index in [0.29, 0.717) is 11.3 Å². The highest BCUT2D eigenvalue weighted by Crippen LogP contribution is 2.23. The molecule has 1 heterocycles. The molecule has 4 nitrogen and oxygen atoms in total. The highest BCUT2D eigenvalue weighted by molar-refractivity contribution is 6.29. The quantitative estimate of drug-likeness (QED) is 0.809. The Bertz CT molecular complexity index is 451. The summed E-state index contributed by atoms with van der Waals surface area (Å²) in [6, 6.07) is 1.42. The summed E-state index contributed by atoms with van der Waals surface area (Å²) in [7, 11) is 0. The second-order valence-corrected chi connectivity index (χ2v) is 4.89. The monoisotopic (exact) mass is 271 g/mol. The SMILES string of the molecule is C[C@H](CF)Nc1cc(Cl)ncc1C(=O)NC1CC1. The summed E-state index contributed by atoms with van der Waals surface area (Å²) in [6.45, 7) is 1.17. The molecule has 2 rings (SSSR count). The molecule has 1 saturated carbocycles. The van der Waals surface area contributed by atoms with Crippen LogP contribution < -0.4 is 10.6 Å². The minimum absolute atomic E-state index is 0.199. The van der Waals surface area contributed by atoms with Gasteiger partial charge in [-0.05, 0) is 25.8 Å². The number of halogens is 2. The smallest absolute Gasteiger partial charge is 0.255 e. The lowest BCUT2D eigenvalue weighted by atomic mass is 10.2. The summed E-state index contributed by atoms with van der Waals surface area (Å²) < 4.78 is 12.5. The maximum Gasteiger partial charge on any atom is 0.255 e. The van der Waals surface area contributed by atoms with Crippen molar-refractivity contribution >= 4 is 23.2 Å². The van der Waals surface area contributed by atoms with Gasteiger partial charge in [0.05, 0.1) is 17.3 Å². The molecule has 1 atom stereocenters. The summed E-state index contributed by atoms with van der Waals surface area (Å²) in [6.07, 6.45) is 3.43. The number of hydrogen-bond acceptors (Lipinski definition) is 3. The first-order chi connectivity index (χ1) is 8.60. The van der Waals surface area contributed by atoms with Gasteiger partial charge < -0.3 is 10.6 Å². The van der Waals surface area contributed by atoms with E-state index in [2.05, 4.69) is 15.6 Å². The van der Waals surface area contributed by atoms with E-state index in [1.807, 2.05) is 0 Å². The molecule has 2 N–H and O–H groups in total. The molecule has 1 fully saturated rings. The number of pyridine rings is 1. The number of amides is 1. The Kier molecular flexibility index (Phi) is 4.01. The molecule has 1 aromatic rings. The minimum atomic E-state index is -0.524. The topological polar surface area (TPSA) is 54.0 Å². The summed E-state index contributed by atoms with van der Waals surface area (Å²) in [5.41, 5.74) is 0.907. The average Bonchev–Trinajstić information content (AvgIpc) is 3.12. The number of aromatic nitrogens is 1. The number of anilines is 1. The van der Waals surface area contributed by atoms with Gasteiger partial charge in [-0.1, -0.05) is 11.6 Å². The van der Waals surface area contributed by atoms with E-state index in [1.165, 1.54) is 12.3 Å². The Morgan fingerprint density at radius 2 is 2.39 bits per heavy atom. The van der Waals surface area contributed by atoms with E-state index in [9.17, 15) is 9.18 Å². The second kappa shape index (κ2) is 5.52. The Morgan fingerprint density at radius 3 is 3.00 bits per heavy atom. The fourth-order valence-corrected chi connectivity index (χ4v) is 1.68. The molecule has 1 aliphatic rings. The molecule has 18 heavy (non-hydrogen) atoms. The number of nitrogens with one attached hydrogen (secondary N) is 2. The van der Waals surface area contributed by atoms with Crippen LogP contribution in [0.5, 0.6) is 0 Å². The number of carbonyl (C=O) groups excluding carboxylic acids is 1. The van der Waals surface area contributed by atoms with Gasteiger partial charge in [-0.3, -0.25) is 4.79 Å². The third kappa shape index (κ3) is 3.32. The van der Waals surface area contributed by atoms with Gasteiger partial charge in [-0.25, -0.2) is 9.37 Å². The fourth-order valence-electron chi connectivity index (χ4n) is 1.53. The van der Waals surface area contributed by atoms with Crippen molar-refractivity contribution < 1.29 is 9.18 Å². The molecular weight excluding hydrogens is 257 g/mol. The maximum atomic E-state index is 12.5. The van der Waals surface area contributed by atoms with Gasteiger partial charge in [0.2, 0.25) is 0 Å². The average molecular weight is 272 g/mol. The summed E-state index contributed by atoms with van der Waals surface area (Å²) >= 11 is 5.79. The minimum Gasteiger partial charge on any atom is -0.379 e. The molecule has 1 amide bonds. The molecule has 0 aromatic carbocycles. The number of nitrogens with zero attached hydrogens (tertiary/aromatic N) is 1. The van der Waals surface area contributed by atoms with E-state index in [-0.39, 0.29) is 23.1 Å². The first-order valence-electron chi connectivity index (χ1n) is 5.89. The molecule has 0 radical (unpaired) electrons. The van der Waals surface area contributed by atoms with E-state index >= 15 is 0 Å². The van der Waals surface area contributed by atoms with Crippen molar-refractivity contribution in [3.63, 3.8) is 0 Å². The Hall–Kier alpha value is -1.36. The van der Waals surface area contributed by atoms with Crippen LogP contribution in [0.4, 0.5) is 10.1 Å². The zero-order chi connectivity index (χ0) is 13.1. The van der Waals surface area contributed by atoms with Crippen molar-refractivity contribution in [3.05, 3.63) is 23.0 Å². The number of alkyl halides is 1. The molecular formula is C12H15ClFN3O. The molecule has 0 saturated heterocycles. The van der Waals surface area contributed by atoms with Crippen LogP contribution in [-0.2, 0) is 0 Å². The summed E-state index contributed by atoms with van der Waals surface area (Å²) in [4.78, 5) is 15.9. The lowest BCUT2D eigenvalue weighted by molar-refractivity contribution is 0.0951. The van der Waals surface area contributed by atoms with Crippen LogP contribution in [0, 0.1) is 0 Å². The van der Waals surface area contributed by atoms with Crippen molar-refractivity contribution in [3.8, 4) is 0 Å². The predicted molar refractivity (Wildman–Crippen MR) is 68.8 cm³/mol. The molecule has 0 unspecified atom stereocenters. The largest absolute Gasteiger partial charge is 0.379 e. The second-order valence-electron chi connectivity index (χ2n) is 4.50. The lowest BCUT2D eigenvalue weighted by Gasteiger charge is -2.15. The molecule has 1 aromatic heterocycles. The van der Waals surface area contributed by atoms with Crippen molar-refractivity contribution in [2.45, 2.75) is 31.8 Å². The van der Waals surface area contributed by atoms with Crippen LogP contribution in [0.25, 0.3) is 0 Å². The third-order valence-electron chi connectivity index (χ3n) is 2.66. The first kappa shape index (κ1) is 13.1. The zero-order valence-corrected chi connectivity index (χ0v) is 10.8. The summed E-state index contributed by atoms with van der Waals surface area (Å²) in [5.74, 6) is -0.199. The number of carbonyl (C=O) groups is 1. The van der Waals surface area contributed by atoms with Crippen LogP contribution in [-0.4, -0.2) is 29.6 Å². The highest BCUT2D eigenvalue weighted by atomic mass is 35.5. The van der Waals surface area contributed by atoms with Gasteiger partial charge >= 0.3 is 0 Å². The van der Waals surface area contributed by atoms with Crippen molar-refractivity contribution in [1.82, 2.24) is 10.3 Å². The predicted octanol–water partition coefficient (Wildman–Crippen LogP) is 2.40. The molecule has 0 spiro atoms. The molecule has 6 heteroatoms. The van der Waals surface area contributed by atoms with Gasteiger partial charge in [0.1, 0.15) is 11.8 Å². The van der Waals surface area contributed by atoms with Crippen LogP contribution in [0.3, 0.4) is 0 Å². The lowest BCUT2D eigenvalue weighted by Crippen LogP contribution is -2.27. The first-order valence-corrected chi connectivity index (χ1v) is 6.27. The Balaban J connectivity index is 2.18. The van der Waals surface area contributed by atoms with Crippen molar-refractivity contribution in [2.24, 2.45) is 0 Å². The van der Waals surface area contributed by atoms with Crippen LogP contribution >= 0.6 is 11.6 Å². The van der Waals surface area contributed by atoms with E-state index in [1.54, 1.807) is 6.92 Å². The number of rotatable bonds is 5. The van der Waals surface area contributed by atoms with Gasteiger partial charge in [-0.2, -0.15) is 0 Å². The maximum absolute atomic E-state index is 12.5. The van der Waals surface area contributed by atoms with Gasteiger partial charge in [0.25, 0.3) is 5.91 Å². The standard InChI is InChI=1S/C12H15ClFN3O/c1-7(5-14)16-10-4-11(13)15-6-9(10)12(18)17-8-2-3-8/h4,6-8H,2-3,5H2,1H3,(H,15,16)(H,17,18)/t7-/m1/s1. The van der Waals surface area contributed by atoms with E-state index in [4.69, 9.17) is 11.6 Å². The highest BCUT2D eigenvalue weighted by Gasteiger charge is 2.25. The zero-order valence-electron chi connectivity index (χ0n) is 10.0. The van der Waals surface area contributed by atoms with Gasteiger partial charge in [-0.15, -0.1) is 0 Å². The van der Waals surface area contributed by atoms with E-state index in [0.717, 1.165) is 12.8 Å². The molecule has 98 valence electrons. The van der Waals surface area contributed by atoms with Crippen LogP contribution in [0.15, 0.2) is 12.3 Å². The van der Waals surface area contributed by atoms with Crippen LogP contribution in [0.1, 0.15) is 30.1 Å². The Morgan fingerprint density at radius 1 is 1.67 bits per heavy atom. The van der Waals surface area contributed by atoms with Gasteiger partial charge in [0, 0.05) is 12.2 Å². The third-order valence-corrected chi connectivity index (χ3v) is 2.87. The molecule has 0 bridgehead atoms. The fraction of sp³-hybridized carbons (Fsp3) is 0.500. The molecule has 0 aliphatic heterocycles. The van der Waals surface area contributed by atoms with Gasteiger partial charge in [0.15, 0.2) is 0 Å². The normalized spacial score (nSPS) is 16.2.